The molecule has 0 aliphatic carbocycles. The monoisotopic (exact) mass is 345 g/mol. The van der Waals surface area contributed by atoms with Gasteiger partial charge in [-0.2, -0.15) is 13.2 Å². The Kier molecular flexibility index (Phi) is 4.43. The van der Waals surface area contributed by atoms with Gasteiger partial charge in [0, 0.05) is 24.8 Å². The van der Waals surface area contributed by atoms with Crippen molar-refractivity contribution in [2.24, 2.45) is 0 Å². The van der Waals surface area contributed by atoms with E-state index in [4.69, 9.17) is 0 Å². The van der Waals surface area contributed by atoms with Crippen molar-refractivity contribution in [2.75, 3.05) is 23.3 Å². The topological polar surface area (TPSA) is 28.2 Å². The largest absolute Gasteiger partial charge is 0.427 e. The summed E-state index contributed by atoms with van der Waals surface area (Å²) in [7, 11) is 0. The van der Waals surface area contributed by atoms with Crippen molar-refractivity contribution < 1.29 is 17.6 Å². The molecule has 124 valence electrons. The van der Waals surface area contributed by atoms with E-state index in [9.17, 15) is 17.6 Å². The zero-order valence-corrected chi connectivity index (χ0v) is 12.9. The summed E-state index contributed by atoms with van der Waals surface area (Å²) in [5, 5.41) is 3.73. The van der Waals surface area contributed by atoms with Crippen molar-refractivity contribution in [3.05, 3.63) is 41.2 Å². The molecular formula is C15H15F4N3S. The normalized spacial score (nSPS) is 16.6. The molecule has 0 radical (unpaired) electrons. The number of hydrogen-bond donors (Lipinski definition) is 1. The minimum Gasteiger partial charge on any atom is -0.382 e. The molecule has 3 nitrogen and oxygen atoms in total. The summed E-state index contributed by atoms with van der Waals surface area (Å²) < 4.78 is 50.7. The van der Waals surface area contributed by atoms with Gasteiger partial charge in [-0.25, -0.2) is 9.37 Å². The third-order valence-corrected chi connectivity index (χ3v) is 4.86. The molecule has 1 fully saturated rings. The Labute approximate surface area is 135 Å². The van der Waals surface area contributed by atoms with Gasteiger partial charge in [-0.1, -0.05) is 11.3 Å². The summed E-state index contributed by atoms with van der Waals surface area (Å²) in [6.45, 7) is 1.29. The van der Waals surface area contributed by atoms with Crippen molar-refractivity contribution in [1.29, 1.82) is 0 Å². The van der Waals surface area contributed by atoms with Crippen LogP contribution in [0, 0.1) is 5.82 Å². The van der Waals surface area contributed by atoms with Crippen LogP contribution in [0.2, 0.25) is 0 Å². The molecule has 1 N–H and O–H groups in total. The van der Waals surface area contributed by atoms with E-state index in [0.717, 1.165) is 24.7 Å². The number of nitrogens with one attached hydrogen (secondary N) is 1. The predicted molar refractivity (Wildman–Crippen MR) is 82.4 cm³/mol. The molecule has 1 aliphatic rings. The number of rotatable bonds is 3. The first-order valence-electron chi connectivity index (χ1n) is 7.22. The second kappa shape index (κ2) is 6.35. The van der Waals surface area contributed by atoms with Crippen LogP contribution in [0.15, 0.2) is 30.5 Å². The van der Waals surface area contributed by atoms with Gasteiger partial charge in [0.2, 0.25) is 0 Å². The Morgan fingerprint density at radius 3 is 2.35 bits per heavy atom. The molecule has 2 heterocycles. The van der Waals surface area contributed by atoms with Gasteiger partial charge in [0.05, 0.1) is 6.20 Å². The molecule has 0 amide bonds. The minimum absolute atomic E-state index is 0.221. The zero-order valence-electron chi connectivity index (χ0n) is 12.1. The van der Waals surface area contributed by atoms with Gasteiger partial charge in [0.15, 0.2) is 5.13 Å². The number of hydrogen-bond acceptors (Lipinski definition) is 4. The highest BCUT2D eigenvalue weighted by atomic mass is 32.1. The lowest BCUT2D eigenvalue weighted by atomic mass is 10.1. The molecule has 1 aromatic carbocycles. The van der Waals surface area contributed by atoms with Crippen molar-refractivity contribution in [3.8, 4) is 0 Å². The number of piperidine rings is 1. The number of aromatic nitrogens is 1. The van der Waals surface area contributed by atoms with Gasteiger partial charge in [-0.3, -0.25) is 0 Å². The molecule has 8 heteroatoms. The summed E-state index contributed by atoms with van der Waals surface area (Å²) in [6.07, 6.45) is -1.86. The fourth-order valence-electron chi connectivity index (χ4n) is 2.54. The number of halogens is 4. The highest BCUT2D eigenvalue weighted by Crippen LogP contribution is 2.37. The number of thiazole rings is 1. The Balaban J connectivity index is 1.56. The van der Waals surface area contributed by atoms with Crippen molar-refractivity contribution in [3.63, 3.8) is 0 Å². The number of benzene rings is 1. The summed E-state index contributed by atoms with van der Waals surface area (Å²) in [4.78, 5) is 5.10. The van der Waals surface area contributed by atoms with E-state index in [1.54, 1.807) is 12.1 Å². The van der Waals surface area contributed by atoms with E-state index < -0.39 is 11.1 Å². The molecule has 3 rings (SSSR count). The van der Waals surface area contributed by atoms with E-state index in [2.05, 4.69) is 10.3 Å². The standard InChI is InChI=1S/C15H15F4N3S/c16-10-1-3-11(4-2-10)21-12-5-7-22(8-6-12)14-20-9-13(23-14)15(17,18)19/h1-4,9,12,21H,5-8H2. The van der Waals surface area contributed by atoms with E-state index in [0.29, 0.717) is 29.6 Å². The van der Waals surface area contributed by atoms with Crippen LogP contribution in [0.25, 0.3) is 0 Å². The second-order valence-electron chi connectivity index (χ2n) is 5.42. The van der Waals surface area contributed by atoms with Crippen LogP contribution in [-0.2, 0) is 6.18 Å². The Hall–Kier alpha value is -1.83. The van der Waals surface area contributed by atoms with Crippen LogP contribution >= 0.6 is 11.3 Å². The lowest BCUT2D eigenvalue weighted by Crippen LogP contribution is -2.39. The van der Waals surface area contributed by atoms with E-state index in [-0.39, 0.29) is 11.9 Å². The Morgan fingerprint density at radius 2 is 1.78 bits per heavy atom. The maximum atomic E-state index is 12.9. The maximum absolute atomic E-state index is 12.9. The fourth-order valence-corrected chi connectivity index (χ4v) is 3.37. The van der Waals surface area contributed by atoms with Gasteiger partial charge in [0.1, 0.15) is 10.7 Å². The lowest BCUT2D eigenvalue weighted by Gasteiger charge is -2.32. The zero-order chi connectivity index (χ0) is 16.4. The van der Waals surface area contributed by atoms with E-state index >= 15 is 0 Å². The Bertz CT molecular complexity index is 645. The van der Waals surface area contributed by atoms with Crippen molar-refractivity contribution in [1.82, 2.24) is 4.98 Å². The average molecular weight is 345 g/mol. The quantitative estimate of drug-likeness (QED) is 0.837. The molecule has 1 saturated heterocycles. The first-order chi connectivity index (χ1) is 10.9. The van der Waals surface area contributed by atoms with Gasteiger partial charge in [0.25, 0.3) is 0 Å². The lowest BCUT2D eigenvalue weighted by molar-refractivity contribution is -0.134. The van der Waals surface area contributed by atoms with Crippen molar-refractivity contribution >= 4 is 22.2 Å². The molecule has 2 aromatic rings. The number of nitrogens with zero attached hydrogens (tertiary/aromatic N) is 2. The summed E-state index contributed by atoms with van der Waals surface area (Å²) >= 11 is 0.681. The Morgan fingerprint density at radius 1 is 1.13 bits per heavy atom. The van der Waals surface area contributed by atoms with Crippen LogP contribution in [0.3, 0.4) is 0 Å². The van der Waals surface area contributed by atoms with Gasteiger partial charge < -0.3 is 10.2 Å². The molecule has 0 spiro atoms. The first kappa shape index (κ1) is 16.0. The highest BCUT2D eigenvalue weighted by molar-refractivity contribution is 7.15. The van der Waals surface area contributed by atoms with Crippen LogP contribution in [0.1, 0.15) is 17.7 Å². The molecule has 1 aromatic heterocycles. The van der Waals surface area contributed by atoms with Crippen LogP contribution in [0.4, 0.5) is 28.4 Å². The van der Waals surface area contributed by atoms with Crippen LogP contribution in [-0.4, -0.2) is 24.1 Å². The van der Waals surface area contributed by atoms with E-state index in [1.807, 2.05) is 4.90 Å². The molecule has 23 heavy (non-hydrogen) atoms. The van der Waals surface area contributed by atoms with Crippen LogP contribution in [0.5, 0.6) is 0 Å². The second-order valence-corrected chi connectivity index (χ2v) is 6.43. The average Bonchev–Trinajstić information content (AvgIpc) is 3.00. The molecule has 1 aliphatic heterocycles. The molecule has 0 saturated carbocycles. The van der Waals surface area contributed by atoms with Gasteiger partial charge in [-0.15, -0.1) is 0 Å². The van der Waals surface area contributed by atoms with Gasteiger partial charge >= 0.3 is 6.18 Å². The summed E-state index contributed by atoms with van der Waals surface area (Å²) in [6, 6.07) is 6.37. The molecule has 0 bridgehead atoms. The molecule has 0 atom stereocenters. The number of anilines is 2. The SMILES string of the molecule is Fc1ccc(NC2CCN(c3ncc(C(F)(F)F)s3)CC2)cc1. The summed E-state index contributed by atoms with van der Waals surface area (Å²) in [5.41, 5.74) is 0.846. The fraction of sp³-hybridized carbons (Fsp3) is 0.400. The van der Waals surface area contributed by atoms with Crippen molar-refractivity contribution in [2.45, 2.75) is 25.1 Å². The molecular weight excluding hydrogens is 330 g/mol. The molecule has 0 unspecified atom stereocenters. The third-order valence-electron chi connectivity index (χ3n) is 3.75. The minimum atomic E-state index is -4.33. The first-order valence-corrected chi connectivity index (χ1v) is 8.03. The third kappa shape index (κ3) is 3.93. The smallest absolute Gasteiger partial charge is 0.382 e. The van der Waals surface area contributed by atoms with Crippen LogP contribution < -0.4 is 10.2 Å². The van der Waals surface area contributed by atoms with Gasteiger partial charge in [-0.05, 0) is 37.1 Å². The predicted octanol–water partition coefficient (Wildman–Crippen LogP) is 4.38. The number of alkyl halides is 3. The highest BCUT2D eigenvalue weighted by Gasteiger charge is 2.34. The summed E-state index contributed by atoms with van der Waals surface area (Å²) in [5.74, 6) is -0.283. The van der Waals surface area contributed by atoms with E-state index in [1.165, 1.54) is 12.1 Å². The maximum Gasteiger partial charge on any atom is 0.427 e.